The monoisotopic (exact) mass is 369 g/mol. The van der Waals surface area contributed by atoms with Crippen molar-refractivity contribution in [1.82, 2.24) is 0 Å². The quantitative estimate of drug-likeness (QED) is 0.778. The molecule has 0 saturated carbocycles. The van der Waals surface area contributed by atoms with Gasteiger partial charge in [0, 0.05) is 16.5 Å². The van der Waals surface area contributed by atoms with E-state index in [0.29, 0.717) is 0 Å². The molecule has 0 aliphatic carbocycles. The van der Waals surface area contributed by atoms with Crippen LogP contribution in [-0.4, -0.2) is 14.2 Å². The molecule has 5 heteroatoms. The average Bonchev–Trinajstić information content (AvgIpc) is 3.00. The fourth-order valence-corrected chi connectivity index (χ4v) is 3.75. The number of aryl methyl sites for hydroxylation is 1. The lowest BCUT2D eigenvalue weighted by Gasteiger charge is -2.18. The van der Waals surface area contributed by atoms with Gasteiger partial charge < -0.3 is 15.2 Å². The van der Waals surface area contributed by atoms with Crippen molar-refractivity contribution in [1.29, 1.82) is 0 Å². The zero-order chi connectivity index (χ0) is 15.2. The molecule has 0 bridgehead atoms. The normalized spacial score (nSPS) is 12.2. The zero-order valence-corrected chi connectivity index (χ0v) is 14.7. The molecular weight excluding hydrogens is 350 g/mol. The van der Waals surface area contributed by atoms with Crippen LogP contribution in [0.15, 0.2) is 34.1 Å². The highest BCUT2D eigenvalue weighted by molar-refractivity contribution is 9.10. The minimum atomic E-state index is -0.0397. The molecule has 2 rings (SSSR count). The third-order valence-electron chi connectivity index (χ3n) is 3.43. The van der Waals surface area contributed by atoms with E-state index in [1.165, 1.54) is 4.88 Å². The van der Waals surface area contributed by atoms with Crippen LogP contribution in [-0.2, 0) is 6.42 Å². The predicted octanol–water partition coefficient (Wildman–Crippen LogP) is 4.55. The number of rotatable bonds is 7. The van der Waals surface area contributed by atoms with Crippen molar-refractivity contribution in [2.45, 2.75) is 25.3 Å². The molecule has 0 spiro atoms. The number of methoxy groups -OCH3 is 2. The molecule has 21 heavy (non-hydrogen) atoms. The van der Waals surface area contributed by atoms with Gasteiger partial charge in [0.15, 0.2) is 0 Å². The van der Waals surface area contributed by atoms with Crippen LogP contribution in [0.5, 0.6) is 11.5 Å². The Bertz CT molecular complexity index is 572. The van der Waals surface area contributed by atoms with E-state index in [4.69, 9.17) is 15.2 Å². The van der Waals surface area contributed by atoms with Crippen molar-refractivity contribution in [2.24, 2.45) is 5.73 Å². The van der Waals surface area contributed by atoms with E-state index in [9.17, 15) is 0 Å². The maximum absolute atomic E-state index is 6.33. The molecule has 0 radical (unpaired) electrons. The van der Waals surface area contributed by atoms with Crippen LogP contribution in [0, 0.1) is 0 Å². The minimum Gasteiger partial charge on any atom is -0.495 e. The average molecular weight is 370 g/mol. The van der Waals surface area contributed by atoms with Crippen LogP contribution in [0.2, 0.25) is 0 Å². The highest BCUT2D eigenvalue weighted by Gasteiger charge is 2.17. The van der Waals surface area contributed by atoms with Crippen LogP contribution < -0.4 is 15.2 Å². The fraction of sp³-hybridized carbons (Fsp3) is 0.375. The van der Waals surface area contributed by atoms with E-state index in [1.807, 2.05) is 12.1 Å². The SMILES string of the molecule is COc1ccc(C(N)CCCc2cccs2)c(OC)c1Br. The van der Waals surface area contributed by atoms with Crippen molar-refractivity contribution < 1.29 is 9.47 Å². The van der Waals surface area contributed by atoms with Gasteiger partial charge in [-0.05, 0) is 58.8 Å². The number of benzene rings is 1. The molecule has 0 aliphatic heterocycles. The smallest absolute Gasteiger partial charge is 0.141 e. The number of thiophene rings is 1. The Morgan fingerprint density at radius 3 is 2.67 bits per heavy atom. The first-order valence-corrected chi connectivity index (χ1v) is 8.53. The van der Waals surface area contributed by atoms with Crippen molar-refractivity contribution in [3.05, 3.63) is 44.6 Å². The van der Waals surface area contributed by atoms with E-state index in [-0.39, 0.29) is 6.04 Å². The molecule has 0 fully saturated rings. The first-order chi connectivity index (χ1) is 10.2. The standard InChI is InChI=1S/C16H20BrNO2S/c1-19-14-9-8-12(16(20-2)15(14)17)13(18)7-3-5-11-6-4-10-21-11/h4,6,8-10,13H,3,5,7,18H2,1-2H3. The van der Waals surface area contributed by atoms with Gasteiger partial charge in [-0.25, -0.2) is 0 Å². The molecule has 1 aromatic carbocycles. The van der Waals surface area contributed by atoms with Gasteiger partial charge in [0.05, 0.1) is 14.2 Å². The molecule has 2 aromatic rings. The summed E-state index contributed by atoms with van der Waals surface area (Å²) in [6, 6.07) is 8.12. The maximum atomic E-state index is 6.33. The molecule has 3 nitrogen and oxygen atoms in total. The van der Waals surface area contributed by atoms with Gasteiger partial charge in [-0.2, -0.15) is 0 Å². The minimum absolute atomic E-state index is 0.0397. The molecule has 114 valence electrons. The second kappa shape index (κ2) is 7.82. The Morgan fingerprint density at radius 2 is 2.05 bits per heavy atom. The van der Waals surface area contributed by atoms with Gasteiger partial charge in [-0.15, -0.1) is 11.3 Å². The lowest BCUT2D eigenvalue weighted by Crippen LogP contribution is -2.12. The Labute approximate surface area is 138 Å². The summed E-state index contributed by atoms with van der Waals surface area (Å²) in [4.78, 5) is 1.41. The summed E-state index contributed by atoms with van der Waals surface area (Å²) >= 11 is 5.31. The largest absolute Gasteiger partial charge is 0.495 e. The van der Waals surface area contributed by atoms with E-state index >= 15 is 0 Å². The molecule has 0 aliphatic rings. The Kier molecular flexibility index (Phi) is 6.08. The van der Waals surface area contributed by atoms with E-state index in [2.05, 4.69) is 33.4 Å². The van der Waals surface area contributed by atoms with Crippen LogP contribution in [0.4, 0.5) is 0 Å². The summed E-state index contributed by atoms with van der Waals surface area (Å²) in [6.45, 7) is 0. The van der Waals surface area contributed by atoms with Gasteiger partial charge in [-0.1, -0.05) is 6.07 Å². The van der Waals surface area contributed by atoms with Crippen molar-refractivity contribution in [3.8, 4) is 11.5 Å². The zero-order valence-electron chi connectivity index (χ0n) is 12.3. The van der Waals surface area contributed by atoms with Gasteiger partial charge in [0.2, 0.25) is 0 Å². The number of hydrogen-bond acceptors (Lipinski definition) is 4. The Morgan fingerprint density at radius 1 is 1.24 bits per heavy atom. The first kappa shape index (κ1) is 16.3. The topological polar surface area (TPSA) is 44.5 Å². The molecule has 1 atom stereocenters. The predicted molar refractivity (Wildman–Crippen MR) is 91.4 cm³/mol. The molecular formula is C16H20BrNO2S. The summed E-state index contributed by atoms with van der Waals surface area (Å²) in [7, 11) is 3.29. The molecule has 1 heterocycles. The summed E-state index contributed by atoms with van der Waals surface area (Å²) in [5.41, 5.74) is 7.34. The maximum Gasteiger partial charge on any atom is 0.141 e. The lowest BCUT2D eigenvalue weighted by atomic mass is 10.0. The van der Waals surface area contributed by atoms with E-state index in [0.717, 1.165) is 40.8 Å². The summed E-state index contributed by atoms with van der Waals surface area (Å²) in [6.07, 6.45) is 3.06. The van der Waals surface area contributed by atoms with Gasteiger partial charge in [0.25, 0.3) is 0 Å². The Hall–Kier alpha value is -1.04. The van der Waals surface area contributed by atoms with Crippen LogP contribution in [0.3, 0.4) is 0 Å². The van der Waals surface area contributed by atoms with Crippen molar-refractivity contribution in [3.63, 3.8) is 0 Å². The molecule has 0 saturated heterocycles. The summed E-state index contributed by atoms with van der Waals surface area (Å²) in [5, 5.41) is 2.11. The second-order valence-corrected chi connectivity index (χ2v) is 6.61. The molecule has 2 N–H and O–H groups in total. The van der Waals surface area contributed by atoms with Crippen molar-refractivity contribution >= 4 is 27.3 Å². The molecule has 1 unspecified atom stereocenters. The highest BCUT2D eigenvalue weighted by atomic mass is 79.9. The number of hydrogen-bond donors (Lipinski definition) is 1. The highest BCUT2D eigenvalue weighted by Crippen LogP contribution is 2.40. The van der Waals surface area contributed by atoms with Gasteiger partial charge in [-0.3, -0.25) is 0 Å². The van der Waals surface area contributed by atoms with E-state index < -0.39 is 0 Å². The van der Waals surface area contributed by atoms with Crippen molar-refractivity contribution in [2.75, 3.05) is 14.2 Å². The third kappa shape index (κ3) is 3.99. The van der Waals surface area contributed by atoms with Crippen LogP contribution >= 0.6 is 27.3 Å². The summed E-state index contributed by atoms with van der Waals surface area (Å²) < 4.78 is 11.6. The second-order valence-electron chi connectivity index (χ2n) is 4.78. The molecule has 0 amide bonds. The molecule has 1 aromatic heterocycles. The van der Waals surface area contributed by atoms with Crippen LogP contribution in [0.1, 0.15) is 29.3 Å². The van der Waals surface area contributed by atoms with E-state index in [1.54, 1.807) is 25.6 Å². The first-order valence-electron chi connectivity index (χ1n) is 6.85. The fourth-order valence-electron chi connectivity index (χ4n) is 2.32. The van der Waals surface area contributed by atoms with Gasteiger partial charge >= 0.3 is 0 Å². The summed E-state index contributed by atoms with van der Waals surface area (Å²) in [5.74, 6) is 1.51. The number of nitrogens with two attached hydrogens (primary N) is 1. The van der Waals surface area contributed by atoms with Gasteiger partial charge in [0.1, 0.15) is 16.0 Å². The lowest BCUT2D eigenvalue weighted by molar-refractivity contribution is 0.382. The number of ether oxygens (including phenoxy) is 2. The van der Waals surface area contributed by atoms with Crippen LogP contribution in [0.25, 0.3) is 0 Å². The Balaban J connectivity index is 2.04. The number of halogens is 1. The third-order valence-corrected chi connectivity index (χ3v) is 5.12.